The summed E-state index contributed by atoms with van der Waals surface area (Å²) < 4.78 is 13.5. The van der Waals surface area contributed by atoms with Gasteiger partial charge in [-0.05, 0) is 20.0 Å². The van der Waals surface area contributed by atoms with E-state index in [0.717, 1.165) is 0 Å². The Kier molecular flexibility index (Phi) is 4.63. The van der Waals surface area contributed by atoms with Gasteiger partial charge in [0.1, 0.15) is 5.82 Å². The molecular formula is C13H19FN2O. The van der Waals surface area contributed by atoms with Gasteiger partial charge in [0.25, 0.3) is 0 Å². The summed E-state index contributed by atoms with van der Waals surface area (Å²) >= 11 is 0. The molecule has 0 aliphatic rings. The van der Waals surface area contributed by atoms with Crippen molar-refractivity contribution in [3.63, 3.8) is 0 Å². The van der Waals surface area contributed by atoms with Crippen molar-refractivity contribution in [3.8, 4) is 0 Å². The first-order valence-corrected chi connectivity index (χ1v) is 5.58. The van der Waals surface area contributed by atoms with E-state index in [1.807, 2.05) is 18.9 Å². The molecule has 0 aliphatic carbocycles. The predicted molar refractivity (Wildman–Crippen MR) is 66.0 cm³/mol. The molecule has 0 bridgehead atoms. The minimum atomic E-state index is -0.260. The topological polar surface area (TPSA) is 23.6 Å². The van der Waals surface area contributed by atoms with Crippen LogP contribution in [0.4, 0.5) is 4.39 Å². The highest BCUT2D eigenvalue weighted by Gasteiger charge is 2.20. The van der Waals surface area contributed by atoms with E-state index in [1.165, 1.54) is 6.07 Å². The second kappa shape index (κ2) is 5.77. The van der Waals surface area contributed by atoms with E-state index in [0.29, 0.717) is 12.1 Å². The van der Waals surface area contributed by atoms with Crippen LogP contribution >= 0.6 is 0 Å². The van der Waals surface area contributed by atoms with E-state index in [1.54, 1.807) is 37.2 Å². The lowest BCUT2D eigenvalue weighted by Gasteiger charge is -2.26. The van der Waals surface area contributed by atoms with E-state index >= 15 is 0 Å². The minimum absolute atomic E-state index is 0.0174. The number of carbonyl (C=O) groups is 1. The molecule has 0 saturated carbocycles. The van der Waals surface area contributed by atoms with Crippen LogP contribution in [0.1, 0.15) is 12.5 Å². The minimum Gasteiger partial charge on any atom is -0.347 e. The summed E-state index contributed by atoms with van der Waals surface area (Å²) in [6.45, 7) is 2.25. The summed E-state index contributed by atoms with van der Waals surface area (Å²) in [5, 5.41) is 0. The summed E-state index contributed by atoms with van der Waals surface area (Å²) in [4.78, 5) is 15.1. The smallest absolute Gasteiger partial charge is 0.239 e. The van der Waals surface area contributed by atoms with Crippen LogP contribution in [0.25, 0.3) is 0 Å². The third kappa shape index (κ3) is 3.53. The number of carbonyl (C=O) groups excluding carboxylic acids is 1. The van der Waals surface area contributed by atoms with Gasteiger partial charge in [-0.2, -0.15) is 0 Å². The zero-order valence-corrected chi connectivity index (χ0v) is 10.8. The lowest BCUT2D eigenvalue weighted by Crippen LogP contribution is -2.42. The van der Waals surface area contributed by atoms with E-state index in [4.69, 9.17) is 0 Å². The van der Waals surface area contributed by atoms with Crippen molar-refractivity contribution in [1.29, 1.82) is 0 Å². The molecule has 0 fully saturated rings. The number of amides is 1. The lowest BCUT2D eigenvalue weighted by molar-refractivity contribution is -0.133. The molecule has 0 aliphatic heterocycles. The van der Waals surface area contributed by atoms with E-state index in [-0.39, 0.29) is 17.8 Å². The predicted octanol–water partition coefficient (Wildman–Crippen LogP) is 1.73. The van der Waals surface area contributed by atoms with Crippen molar-refractivity contribution in [2.75, 3.05) is 21.1 Å². The molecule has 1 aromatic rings. The number of halogens is 1. The van der Waals surface area contributed by atoms with Gasteiger partial charge in [-0.3, -0.25) is 9.69 Å². The maximum Gasteiger partial charge on any atom is 0.239 e. The van der Waals surface area contributed by atoms with E-state index in [2.05, 4.69) is 0 Å². The van der Waals surface area contributed by atoms with Crippen molar-refractivity contribution >= 4 is 5.91 Å². The molecule has 0 saturated heterocycles. The van der Waals surface area contributed by atoms with Gasteiger partial charge in [0.15, 0.2) is 0 Å². The fraction of sp³-hybridized carbons (Fsp3) is 0.462. The number of likely N-dealkylation sites (N-methyl/N-ethyl adjacent to an activating group) is 2. The summed E-state index contributed by atoms with van der Waals surface area (Å²) in [5.74, 6) is -0.215. The lowest BCUT2D eigenvalue weighted by atomic mass is 10.1. The average molecular weight is 238 g/mol. The zero-order chi connectivity index (χ0) is 13.0. The molecule has 4 heteroatoms. The summed E-state index contributed by atoms with van der Waals surface area (Å²) in [5.41, 5.74) is 0.605. The molecule has 1 unspecified atom stereocenters. The molecule has 3 nitrogen and oxygen atoms in total. The van der Waals surface area contributed by atoms with Crippen LogP contribution < -0.4 is 0 Å². The molecule has 0 spiro atoms. The number of nitrogens with zero attached hydrogens (tertiary/aromatic N) is 2. The van der Waals surface area contributed by atoms with Gasteiger partial charge in [0.2, 0.25) is 5.91 Å². The third-order valence-corrected chi connectivity index (χ3v) is 2.84. The van der Waals surface area contributed by atoms with Gasteiger partial charge in [0, 0.05) is 26.2 Å². The summed E-state index contributed by atoms with van der Waals surface area (Å²) in [6.07, 6.45) is 0. The van der Waals surface area contributed by atoms with Gasteiger partial charge in [-0.15, -0.1) is 0 Å². The van der Waals surface area contributed by atoms with Gasteiger partial charge in [-0.25, -0.2) is 4.39 Å². The molecule has 0 radical (unpaired) electrons. The maximum atomic E-state index is 13.5. The van der Waals surface area contributed by atoms with Crippen LogP contribution in [0.2, 0.25) is 0 Å². The second-order valence-electron chi connectivity index (χ2n) is 4.42. The SMILES string of the molecule is CC(C(=O)N(C)C)N(C)Cc1ccccc1F. The zero-order valence-electron chi connectivity index (χ0n) is 10.8. The summed E-state index contributed by atoms with van der Waals surface area (Å²) in [6, 6.07) is 6.36. The third-order valence-electron chi connectivity index (χ3n) is 2.84. The first-order valence-electron chi connectivity index (χ1n) is 5.58. The van der Waals surface area contributed by atoms with Crippen LogP contribution in [-0.2, 0) is 11.3 Å². The Hall–Kier alpha value is -1.42. The highest BCUT2D eigenvalue weighted by Crippen LogP contribution is 2.11. The van der Waals surface area contributed by atoms with Gasteiger partial charge >= 0.3 is 0 Å². The highest BCUT2D eigenvalue weighted by atomic mass is 19.1. The molecule has 1 atom stereocenters. The molecule has 17 heavy (non-hydrogen) atoms. The summed E-state index contributed by atoms with van der Waals surface area (Å²) in [7, 11) is 5.25. The number of hydrogen-bond acceptors (Lipinski definition) is 2. The quantitative estimate of drug-likeness (QED) is 0.797. The largest absolute Gasteiger partial charge is 0.347 e. The van der Waals surface area contributed by atoms with E-state index in [9.17, 15) is 9.18 Å². The van der Waals surface area contributed by atoms with Crippen molar-refractivity contribution in [1.82, 2.24) is 9.80 Å². The fourth-order valence-electron chi connectivity index (χ4n) is 1.59. The van der Waals surface area contributed by atoms with Gasteiger partial charge in [-0.1, -0.05) is 18.2 Å². The Morgan fingerprint density at radius 3 is 2.41 bits per heavy atom. The van der Waals surface area contributed by atoms with Crippen molar-refractivity contribution in [2.45, 2.75) is 19.5 Å². The average Bonchev–Trinajstić information content (AvgIpc) is 2.30. The monoisotopic (exact) mass is 238 g/mol. The molecular weight excluding hydrogens is 219 g/mol. The van der Waals surface area contributed by atoms with Crippen LogP contribution in [-0.4, -0.2) is 42.9 Å². The number of hydrogen-bond donors (Lipinski definition) is 0. The second-order valence-corrected chi connectivity index (χ2v) is 4.42. The molecule has 0 N–H and O–H groups in total. The normalized spacial score (nSPS) is 12.6. The van der Waals surface area contributed by atoms with Crippen LogP contribution in [0.5, 0.6) is 0 Å². The first kappa shape index (κ1) is 13.6. The van der Waals surface area contributed by atoms with Gasteiger partial charge < -0.3 is 4.90 Å². The Labute approximate surface area is 102 Å². The first-order chi connectivity index (χ1) is 7.93. The molecule has 1 rings (SSSR count). The standard InChI is InChI=1S/C13H19FN2O/c1-10(13(17)15(2)3)16(4)9-11-7-5-6-8-12(11)14/h5-8,10H,9H2,1-4H3. The van der Waals surface area contributed by atoms with Crippen LogP contribution in [0, 0.1) is 5.82 Å². The molecule has 0 aromatic heterocycles. The fourth-order valence-corrected chi connectivity index (χ4v) is 1.59. The Balaban J connectivity index is 2.70. The Morgan fingerprint density at radius 1 is 1.29 bits per heavy atom. The molecule has 0 heterocycles. The van der Waals surface area contributed by atoms with E-state index < -0.39 is 0 Å². The molecule has 1 amide bonds. The number of rotatable bonds is 4. The Bertz CT molecular complexity index is 393. The van der Waals surface area contributed by atoms with Crippen LogP contribution in [0.15, 0.2) is 24.3 Å². The molecule has 94 valence electrons. The van der Waals surface area contributed by atoms with Crippen molar-refractivity contribution < 1.29 is 9.18 Å². The van der Waals surface area contributed by atoms with Crippen molar-refractivity contribution in [2.24, 2.45) is 0 Å². The van der Waals surface area contributed by atoms with Gasteiger partial charge in [0.05, 0.1) is 6.04 Å². The molecule has 1 aromatic carbocycles. The number of benzene rings is 1. The van der Waals surface area contributed by atoms with Crippen molar-refractivity contribution in [3.05, 3.63) is 35.6 Å². The maximum absolute atomic E-state index is 13.5. The van der Waals surface area contributed by atoms with Crippen LogP contribution in [0.3, 0.4) is 0 Å². The Morgan fingerprint density at radius 2 is 1.88 bits per heavy atom. The highest BCUT2D eigenvalue weighted by molar-refractivity contribution is 5.80.